The zero-order valence-corrected chi connectivity index (χ0v) is 3.90. The van der Waals surface area contributed by atoms with Gasteiger partial charge in [0, 0.05) is 23.7 Å². The third-order valence-corrected chi connectivity index (χ3v) is 0.515. The van der Waals surface area contributed by atoms with Crippen LogP contribution in [0.5, 0.6) is 0 Å². The van der Waals surface area contributed by atoms with Crippen LogP contribution in [0.2, 0.25) is 0 Å². The molecule has 0 aliphatic carbocycles. The summed E-state index contributed by atoms with van der Waals surface area (Å²) in [5.41, 5.74) is 0. The number of rotatable bonds is 2. The van der Waals surface area contributed by atoms with Crippen molar-refractivity contribution in [1.29, 1.82) is 5.41 Å². The zero-order valence-electron chi connectivity index (χ0n) is 3.09. The number of nitrogens with one attached hydrogen (secondary N) is 1. The highest BCUT2D eigenvalue weighted by atomic mass is 32.2. The molecule has 0 radical (unpaired) electrons. The van der Waals surface area contributed by atoms with Crippen molar-refractivity contribution in [3.63, 3.8) is 0 Å². The Morgan fingerprint density at radius 1 is 1.67 bits per heavy atom. The predicted molar refractivity (Wildman–Crippen MR) is 28.1 cm³/mol. The van der Waals surface area contributed by atoms with Crippen LogP contribution in [-0.2, 0) is 0 Å². The molecule has 0 heterocycles. The summed E-state index contributed by atoms with van der Waals surface area (Å²) in [6.07, 6.45) is 2.54. The van der Waals surface area contributed by atoms with Crippen molar-refractivity contribution in [2.45, 2.75) is 0 Å². The molecule has 0 saturated carbocycles. The van der Waals surface area contributed by atoms with Gasteiger partial charge < -0.3 is 9.96 Å². The third kappa shape index (κ3) is 3.72. The maximum Gasteiger partial charge on any atom is 0.0183 e. The van der Waals surface area contributed by atoms with Gasteiger partial charge in [-0.2, -0.15) is 0 Å². The lowest BCUT2D eigenvalue weighted by Gasteiger charge is -1.66. The molecule has 0 bridgehead atoms. The van der Waals surface area contributed by atoms with E-state index in [0.717, 1.165) is 6.21 Å². The van der Waals surface area contributed by atoms with E-state index in [1.165, 1.54) is 11.5 Å². The van der Waals surface area contributed by atoms with Gasteiger partial charge in [-0.1, -0.05) is 0 Å². The summed E-state index contributed by atoms with van der Waals surface area (Å²) in [6.45, 7) is 0. The quantitative estimate of drug-likeness (QED) is 0.409. The fraction of sp³-hybridized carbons (Fsp3) is 0. The van der Waals surface area contributed by atoms with Crippen molar-refractivity contribution in [1.82, 2.24) is 0 Å². The molecular formula is C3H5NOS. The smallest absolute Gasteiger partial charge is 0.0183 e. The van der Waals surface area contributed by atoms with Crippen molar-refractivity contribution < 1.29 is 4.55 Å². The lowest BCUT2D eigenvalue weighted by atomic mass is 10.7. The average Bonchev–Trinajstić information content (AvgIpc) is 1.61. The fourth-order valence-electron chi connectivity index (χ4n) is 0.0744. The van der Waals surface area contributed by atoms with Gasteiger partial charge in [0.15, 0.2) is 0 Å². The molecule has 0 fully saturated rings. The first-order chi connectivity index (χ1) is 2.91. The van der Waals surface area contributed by atoms with Crippen LogP contribution in [0.15, 0.2) is 11.5 Å². The summed E-state index contributed by atoms with van der Waals surface area (Å²) in [5, 5.41) is 7.78. The van der Waals surface area contributed by atoms with E-state index in [4.69, 9.17) is 9.96 Å². The van der Waals surface area contributed by atoms with Crippen molar-refractivity contribution in [2.75, 3.05) is 0 Å². The molecule has 0 saturated heterocycles. The molecule has 0 aromatic carbocycles. The van der Waals surface area contributed by atoms with Crippen LogP contribution < -0.4 is 0 Å². The van der Waals surface area contributed by atoms with E-state index in [9.17, 15) is 0 Å². The SMILES string of the molecule is N=CC=CSO. The van der Waals surface area contributed by atoms with Crippen LogP contribution in [0, 0.1) is 5.41 Å². The van der Waals surface area contributed by atoms with Gasteiger partial charge in [-0.05, 0) is 6.08 Å². The molecule has 34 valence electrons. The zero-order chi connectivity index (χ0) is 4.83. The Morgan fingerprint density at radius 2 is 2.33 bits per heavy atom. The summed E-state index contributed by atoms with van der Waals surface area (Å²) in [6, 6.07) is 0. The van der Waals surface area contributed by atoms with Crippen LogP contribution in [0.3, 0.4) is 0 Å². The maximum atomic E-state index is 7.92. The van der Waals surface area contributed by atoms with Crippen molar-refractivity contribution in [3.05, 3.63) is 11.5 Å². The molecule has 0 unspecified atom stereocenters. The van der Waals surface area contributed by atoms with Crippen LogP contribution in [0.1, 0.15) is 0 Å². The van der Waals surface area contributed by atoms with E-state index in [1.807, 2.05) is 0 Å². The van der Waals surface area contributed by atoms with Gasteiger partial charge >= 0.3 is 0 Å². The first-order valence-electron chi connectivity index (χ1n) is 1.37. The molecule has 3 heteroatoms. The van der Waals surface area contributed by atoms with Crippen LogP contribution in [0.4, 0.5) is 0 Å². The van der Waals surface area contributed by atoms with Crippen LogP contribution in [0.25, 0.3) is 0 Å². The van der Waals surface area contributed by atoms with E-state index in [0.29, 0.717) is 12.0 Å². The monoisotopic (exact) mass is 103 g/mol. The van der Waals surface area contributed by atoms with Gasteiger partial charge in [0.05, 0.1) is 0 Å². The van der Waals surface area contributed by atoms with E-state index >= 15 is 0 Å². The molecule has 0 rings (SSSR count). The predicted octanol–water partition coefficient (Wildman–Crippen LogP) is 1.36. The maximum absolute atomic E-state index is 7.92. The Hall–Kier alpha value is -0.280. The molecule has 0 aliphatic rings. The van der Waals surface area contributed by atoms with E-state index in [2.05, 4.69) is 0 Å². The molecular weight excluding hydrogens is 98.1 g/mol. The van der Waals surface area contributed by atoms with Crippen molar-refractivity contribution in [3.8, 4) is 0 Å². The Morgan fingerprint density at radius 3 is 2.50 bits per heavy atom. The molecule has 0 spiro atoms. The lowest BCUT2D eigenvalue weighted by molar-refractivity contribution is 0.671. The highest BCUT2D eigenvalue weighted by Crippen LogP contribution is 1.88. The Balaban J connectivity index is 2.94. The van der Waals surface area contributed by atoms with Gasteiger partial charge in [0.25, 0.3) is 0 Å². The molecule has 0 aromatic heterocycles. The Kier molecular flexibility index (Phi) is 4.50. The second-order valence-corrected chi connectivity index (χ2v) is 1.08. The molecule has 0 amide bonds. The molecule has 2 nitrogen and oxygen atoms in total. The van der Waals surface area contributed by atoms with E-state index in [1.54, 1.807) is 0 Å². The lowest BCUT2D eigenvalue weighted by Crippen LogP contribution is -1.50. The largest absolute Gasteiger partial charge is 0.326 e. The van der Waals surface area contributed by atoms with Crippen LogP contribution >= 0.6 is 12.0 Å². The van der Waals surface area contributed by atoms with E-state index in [-0.39, 0.29) is 0 Å². The number of hydrogen-bond acceptors (Lipinski definition) is 3. The summed E-state index contributed by atoms with van der Waals surface area (Å²) in [5.74, 6) is 0. The fourth-order valence-corrected chi connectivity index (χ4v) is 0.223. The standard InChI is InChI=1S/C3H5NOS/c4-2-1-3-6-5/h1-5H. The Labute approximate surface area is 40.6 Å². The topological polar surface area (TPSA) is 44.1 Å². The minimum absolute atomic E-state index is 0.594. The molecule has 6 heavy (non-hydrogen) atoms. The van der Waals surface area contributed by atoms with E-state index < -0.39 is 0 Å². The molecule has 0 atom stereocenters. The average molecular weight is 103 g/mol. The highest BCUT2D eigenvalue weighted by molar-refractivity contribution is 7.96. The van der Waals surface area contributed by atoms with Gasteiger partial charge in [0.1, 0.15) is 0 Å². The third-order valence-electron chi connectivity index (χ3n) is 0.236. The van der Waals surface area contributed by atoms with Crippen LogP contribution in [-0.4, -0.2) is 10.8 Å². The first-order valence-corrected chi connectivity index (χ1v) is 2.21. The summed E-state index contributed by atoms with van der Waals surface area (Å²) in [4.78, 5) is 0. The Bertz CT molecular complexity index is 61.8. The molecule has 0 aliphatic heterocycles. The second-order valence-electron chi connectivity index (χ2n) is 0.601. The van der Waals surface area contributed by atoms with Gasteiger partial charge in [0.2, 0.25) is 0 Å². The number of allylic oxidation sites excluding steroid dienone is 1. The van der Waals surface area contributed by atoms with Gasteiger partial charge in [-0.15, -0.1) is 0 Å². The normalized spacial score (nSPS) is 9.50. The molecule has 2 N–H and O–H groups in total. The minimum atomic E-state index is 0.594. The first kappa shape index (κ1) is 5.72. The molecule has 0 aromatic rings. The summed E-state index contributed by atoms with van der Waals surface area (Å²) < 4.78 is 7.92. The van der Waals surface area contributed by atoms with Gasteiger partial charge in [-0.25, -0.2) is 0 Å². The summed E-state index contributed by atoms with van der Waals surface area (Å²) in [7, 11) is 0. The van der Waals surface area contributed by atoms with Gasteiger partial charge in [-0.3, -0.25) is 0 Å². The highest BCUT2D eigenvalue weighted by Gasteiger charge is 1.57. The second kappa shape index (κ2) is 4.72. The minimum Gasteiger partial charge on any atom is -0.326 e. The van der Waals surface area contributed by atoms with Crippen molar-refractivity contribution >= 4 is 18.3 Å². The van der Waals surface area contributed by atoms with Crippen molar-refractivity contribution in [2.24, 2.45) is 0 Å². The number of hydrogen-bond donors (Lipinski definition) is 2. The summed E-state index contributed by atoms with van der Waals surface area (Å²) >= 11 is 0.594.